The van der Waals surface area contributed by atoms with Crippen molar-refractivity contribution in [2.75, 3.05) is 13.2 Å². The van der Waals surface area contributed by atoms with E-state index in [0.717, 1.165) is 12.1 Å². The standard InChI is InChI=1S/C12H18FNO/c1-3-14-12(2,8-9-15)10-4-6-11(13)7-5-10/h4-7,14-15H,3,8-9H2,1-2H3. The lowest BCUT2D eigenvalue weighted by Gasteiger charge is -2.30. The number of hydrogen-bond donors (Lipinski definition) is 2. The second-order valence-corrected chi connectivity index (χ2v) is 3.84. The molecule has 0 heterocycles. The van der Waals surface area contributed by atoms with E-state index in [0.29, 0.717) is 6.42 Å². The third-order valence-corrected chi connectivity index (χ3v) is 2.66. The van der Waals surface area contributed by atoms with Crippen LogP contribution in [-0.4, -0.2) is 18.3 Å². The number of aliphatic hydroxyl groups excluding tert-OH is 1. The molecule has 0 spiro atoms. The molecule has 1 atom stereocenters. The van der Waals surface area contributed by atoms with Crippen molar-refractivity contribution < 1.29 is 9.50 Å². The molecule has 2 N–H and O–H groups in total. The Labute approximate surface area is 90.1 Å². The third-order valence-electron chi connectivity index (χ3n) is 2.66. The monoisotopic (exact) mass is 211 g/mol. The number of rotatable bonds is 5. The summed E-state index contributed by atoms with van der Waals surface area (Å²) in [5.41, 5.74) is 0.719. The first-order valence-electron chi connectivity index (χ1n) is 5.24. The Bertz CT molecular complexity index is 291. The summed E-state index contributed by atoms with van der Waals surface area (Å²) in [5, 5.41) is 12.3. The fourth-order valence-corrected chi connectivity index (χ4v) is 1.77. The van der Waals surface area contributed by atoms with Gasteiger partial charge in [-0.1, -0.05) is 19.1 Å². The van der Waals surface area contributed by atoms with Crippen molar-refractivity contribution in [3.8, 4) is 0 Å². The van der Waals surface area contributed by atoms with Gasteiger partial charge in [-0.3, -0.25) is 0 Å². The highest BCUT2D eigenvalue weighted by atomic mass is 19.1. The van der Waals surface area contributed by atoms with E-state index >= 15 is 0 Å². The molecule has 0 aliphatic heterocycles. The number of halogens is 1. The summed E-state index contributed by atoms with van der Waals surface area (Å²) in [6.07, 6.45) is 0.618. The van der Waals surface area contributed by atoms with Crippen LogP contribution in [0.1, 0.15) is 25.8 Å². The van der Waals surface area contributed by atoms with Gasteiger partial charge in [0, 0.05) is 12.1 Å². The van der Waals surface area contributed by atoms with Gasteiger partial charge in [0.15, 0.2) is 0 Å². The van der Waals surface area contributed by atoms with Crippen molar-refractivity contribution in [3.05, 3.63) is 35.6 Å². The van der Waals surface area contributed by atoms with Crippen LogP contribution in [-0.2, 0) is 5.54 Å². The van der Waals surface area contributed by atoms with E-state index in [1.807, 2.05) is 13.8 Å². The zero-order chi connectivity index (χ0) is 11.3. The van der Waals surface area contributed by atoms with E-state index in [9.17, 15) is 4.39 Å². The Morgan fingerprint density at radius 1 is 1.33 bits per heavy atom. The molecule has 0 bridgehead atoms. The van der Waals surface area contributed by atoms with Crippen LogP contribution in [0.15, 0.2) is 24.3 Å². The molecule has 15 heavy (non-hydrogen) atoms. The van der Waals surface area contributed by atoms with E-state index in [1.165, 1.54) is 12.1 Å². The van der Waals surface area contributed by atoms with Crippen molar-refractivity contribution in [1.29, 1.82) is 0 Å². The van der Waals surface area contributed by atoms with Crippen molar-refractivity contribution in [1.82, 2.24) is 5.32 Å². The molecule has 0 saturated heterocycles. The predicted octanol–water partition coefficient (Wildman–Crippen LogP) is 2.03. The first kappa shape index (κ1) is 12.1. The predicted molar refractivity (Wildman–Crippen MR) is 59.1 cm³/mol. The maximum Gasteiger partial charge on any atom is 0.123 e. The van der Waals surface area contributed by atoms with Crippen LogP contribution in [0.3, 0.4) is 0 Å². The topological polar surface area (TPSA) is 32.3 Å². The second kappa shape index (κ2) is 5.24. The largest absolute Gasteiger partial charge is 0.396 e. The van der Waals surface area contributed by atoms with Gasteiger partial charge in [0.05, 0.1) is 0 Å². The number of hydrogen-bond acceptors (Lipinski definition) is 2. The molecule has 0 aromatic heterocycles. The number of benzene rings is 1. The summed E-state index contributed by atoms with van der Waals surface area (Å²) in [5.74, 6) is -0.235. The van der Waals surface area contributed by atoms with Crippen LogP contribution in [0.2, 0.25) is 0 Å². The van der Waals surface area contributed by atoms with Gasteiger partial charge in [-0.05, 0) is 37.6 Å². The van der Waals surface area contributed by atoms with Crippen molar-refractivity contribution in [2.24, 2.45) is 0 Å². The van der Waals surface area contributed by atoms with E-state index < -0.39 is 0 Å². The molecule has 1 aromatic rings. The molecular formula is C12H18FNO. The highest BCUT2D eigenvalue weighted by Crippen LogP contribution is 2.24. The average molecular weight is 211 g/mol. The molecule has 0 fully saturated rings. The molecule has 1 rings (SSSR count). The summed E-state index contributed by atoms with van der Waals surface area (Å²) >= 11 is 0. The maximum atomic E-state index is 12.8. The molecule has 0 saturated carbocycles. The second-order valence-electron chi connectivity index (χ2n) is 3.84. The Morgan fingerprint density at radius 2 is 1.93 bits per heavy atom. The van der Waals surface area contributed by atoms with Crippen LogP contribution in [0, 0.1) is 5.82 Å². The van der Waals surface area contributed by atoms with Gasteiger partial charge in [-0.2, -0.15) is 0 Å². The number of nitrogens with one attached hydrogen (secondary N) is 1. The van der Waals surface area contributed by atoms with Gasteiger partial charge in [-0.15, -0.1) is 0 Å². The molecule has 1 unspecified atom stereocenters. The van der Waals surface area contributed by atoms with Gasteiger partial charge in [0.25, 0.3) is 0 Å². The van der Waals surface area contributed by atoms with Gasteiger partial charge >= 0.3 is 0 Å². The Morgan fingerprint density at radius 3 is 2.40 bits per heavy atom. The Balaban J connectivity index is 2.92. The zero-order valence-electron chi connectivity index (χ0n) is 9.26. The smallest absolute Gasteiger partial charge is 0.123 e. The quantitative estimate of drug-likeness (QED) is 0.781. The summed E-state index contributed by atoms with van der Waals surface area (Å²) < 4.78 is 12.8. The fraction of sp³-hybridized carbons (Fsp3) is 0.500. The molecule has 84 valence electrons. The third kappa shape index (κ3) is 3.01. The molecule has 0 aliphatic rings. The van der Waals surface area contributed by atoms with E-state index in [-0.39, 0.29) is 18.0 Å². The fourth-order valence-electron chi connectivity index (χ4n) is 1.77. The van der Waals surface area contributed by atoms with Crippen molar-refractivity contribution in [2.45, 2.75) is 25.8 Å². The summed E-state index contributed by atoms with van der Waals surface area (Å²) in [7, 11) is 0. The van der Waals surface area contributed by atoms with E-state index in [1.54, 1.807) is 12.1 Å². The zero-order valence-corrected chi connectivity index (χ0v) is 9.26. The minimum absolute atomic E-state index is 0.112. The molecule has 0 radical (unpaired) electrons. The van der Waals surface area contributed by atoms with Crippen LogP contribution in [0.5, 0.6) is 0 Å². The Kier molecular flexibility index (Phi) is 4.24. The van der Waals surface area contributed by atoms with Gasteiger partial charge in [0.1, 0.15) is 5.82 Å². The lowest BCUT2D eigenvalue weighted by molar-refractivity contribution is 0.223. The van der Waals surface area contributed by atoms with Gasteiger partial charge in [-0.25, -0.2) is 4.39 Å². The van der Waals surface area contributed by atoms with Crippen LogP contribution in [0.4, 0.5) is 4.39 Å². The van der Waals surface area contributed by atoms with Crippen LogP contribution < -0.4 is 5.32 Å². The average Bonchev–Trinajstić information content (AvgIpc) is 2.19. The molecule has 2 nitrogen and oxygen atoms in total. The van der Waals surface area contributed by atoms with Crippen LogP contribution >= 0.6 is 0 Å². The first-order valence-corrected chi connectivity index (χ1v) is 5.24. The SMILES string of the molecule is CCNC(C)(CCO)c1ccc(F)cc1. The van der Waals surface area contributed by atoms with Gasteiger partial charge < -0.3 is 10.4 Å². The van der Waals surface area contributed by atoms with Crippen molar-refractivity contribution in [3.63, 3.8) is 0 Å². The highest BCUT2D eigenvalue weighted by Gasteiger charge is 2.24. The molecule has 3 heteroatoms. The van der Waals surface area contributed by atoms with Crippen LogP contribution in [0.25, 0.3) is 0 Å². The molecular weight excluding hydrogens is 193 g/mol. The Hall–Kier alpha value is -0.930. The lowest BCUT2D eigenvalue weighted by Crippen LogP contribution is -2.40. The summed E-state index contributed by atoms with van der Waals surface area (Å²) in [6.45, 7) is 4.95. The number of aliphatic hydroxyl groups is 1. The minimum Gasteiger partial charge on any atom is -0.396 e. The van der Waals surface area contributed by atoms with Gasteiger partial charge in [0.2, 0.25) is 0 Å². The first-order chi connectivity index (χ1) is 7.12. The molecule has 0 amide bonds. The lowest BCUT2D eigenvalue weighted by atomic mass is 9.89. The van der Waals surface area contributed by atoms with Crippen molar-refractivity contribution >= 4 is 0 Å². The van der Waals surface area contributed by atoms with E-state index in [4.69, 9.17) is 5.11 Å². The molecule has 1 aromatic carbocycles. The molecule has 0 aliphatic carbocycles. The minimum atomic E-state index is -0.281. The maximum absolute atomic E-state index is 12.8. The highest BCUT2D eigenvalue weighted by molar-refractivity contribution is 5.24. The normalized spacial score (nSPS) is 14.9. The van der Waals surface area contributed by atoms with E-state index in [2.05, 4.69) is 5.32 Å². The summed E-state index contributed by atoms with van der Waals surface area (Å²) in [4.78, 5) is 0. The summed E-state index contributed by atoms with van der Waals surface area (Å²) in [6, 6.07) is 6.41.